The molecule has 7 nitrogen and oxygen atoms in total. The minimum Gasteiger partial charge on any atom is -0.393 e. The van der Waals surface area contributed by atoms with Crippen LogP contribution >= 0.6 is 38.1 Å². The first-order valence-corrected chi connectivity index (χ1v) is 10.9. The summed E-state index contributed by atoms with van der Waals surface area (Å²) in [7, 11) is 2.43. The van der Waals surface area contributed by atoms with E-state index >= 15 is 0 Å². The third-order valence-electron chi connectivity index (χ3n) is 2.62. The van der Waals surface area contributed by atoms with Gasteiger partial charge in [-0.15, -0.1) is 0 Å². The van der Waals surface area contributed by atoms with Crippen molar-refractivity contribution >= 4 is 38.1 Å². The Bertz CT molecular complexity index is 359. The van der Waals surface area contributed by atoms with E-state index in [0.29, 0.717) is 6.42 Å². The average Bonchev–Trinajstić information content (AvgIpc) is 2.27. The highest BCUT2D eigenvalue weighted by atomic mass is 32.7. The van der Waals surface area contributed by atoms with Gasteiger partial charge in [-0.25, -0.2) is 9.13 Å². The normalized spacial score (nSPS) is 34.5. The van der Waals surface area contributed by atoms with Crippen LogP contribution in [0, 0.1) is 0 Å². The van der Waals surface area contributed by atoms with E-state index in [9.17, 15) is 14.2 Å². The Morgan fingerprint density at radius 3 is 1.63 bits per heavy atom. The molecule has 0 aliphatic heterocycles. The van der Waals surface area contributed by atoms with Crippen LogP contribution in [0.15, 0.2) is 0 Å². The minimum atomic E-state index is -3.44. The third kappa shape index (κ3) is 6.50. The van der Waals surface area contributed by atoms with Crippen LogP contribution in [0.3, 0.4) is 0 Å². The van der Waals surface area contributed by atoms with Crippen molar-refractivity contribution in [2.24, 2.45) is 0 Å². The summed E-state index contributed by atoms with van der Waals surface area (Å²) in [6, 6.07) is 0. The molecule has 1 aliphatic rings. The molecule has 2 unspecified atom stereocenters. The number of aliphatic hydroxyl groups is 1. The first-order valence-electron chi connectivity index (χ1n) is 5.49. The summed E-state index contributed by atoms with van der Waals surface area (Å²) in [6.07, 6.45) is -1.02. The molecule has 0 aromatic carbocycles. The molecular formula is C8H18O7P2S2. The number of hydrogen-bond acceptors (Lipinski definition) is 7. The van der Waals surface area contributed by atoms with Crippen LogP contribution in [-0.2, 0) is 27.2 Å². The van der Waals surface area contributed by atoms with E-state index in [-0.39, 0.29) is 12.8 Å². The first kappa shape index (κ1) is 18.0. The smallest absolute Gasteiger partial charge is 0.386 e. The molecular weight excluding hydrogens is 334 g/mol. The molecule has 0 heterocycles. The van der Waals surface area contributed by atoms with Crippen molar-refractivity contribution in [3.63, 3.8) is 0 Å². The van der Waals surface area contributed by atoms with Crippen LogP contribution < -0.4 is 0 Å². The maximum Gasteiger partial charge on any atom is 0.386 e. The molecule has 0 aromatic rings. The highest BCUT2D eigenvalue weighted by molar-refractivity contribution is 8.44. The monoisotopic (exact) mass is 352 g/mol. The minimum absolute atomic E-state index is 0.275. The van der Waals surface area contributed by atoms with Crippen molar-refractivity contribution in [3.05, 3.63) is 0 Å². The molecule has 11 heteroatoms. The molecule has 0 aromatic heterocycles. The Morgan fingerprint density at radius 1 is 0.947 bits per heavy atom. The summed E-state index contributed by atoms with van der Waals surface area (Å²) in [5.74, 6) is 0. The molecule has 1 rings (SSSR count). The second-order valence-corrected chi connectivity index (χ2v) is 10.1. The largest absolute Gasteiger partial charge is 0.393 e. The van der Waals surface area contributed by atoms with Gasteiger partial charge in [0.05, 0.1) is 18.3 Å². The Morgan fingerprint density at radius 2 is 1.32 bits per heavy atom. The van der Waals surface area contributed by atoms with Gasteiger partial charge in [0, 0.05) is 33.5 Å². The van der Waals surface area contributed by atoms with Gasteiger partial charge in [0.25, 0.3) is 0 Å². The number of rotatable bonds is 6. The fourth-order valence-electron chi connectivity index (χ4n) is 1.82. The molecule has 1 N–H and O–H groups in total. The lowest BCUT2D eigenvalue weighted by Crippen LogP contribution is -2.34. The van der Waals surface area contributed by atoms with Gasteiger partial charge in [0.15, 0.2) is 0 Å². The van der Waals surface area contributed by atoms with E-state index in [2.05, 4.69) is 33.5 Å². The molecule has 0 radical (unpaired) electrons. The van der Waals surface area contributed by atoms with E-state index in [4.69, 9.17) is 9.05 Å². The maximum absolute atomic E-state index is 11.6. The van der Waals surface area contributed by atoms with E-state index in [0.717, 1.165) is 0 Å². The first-order chi connectivity index (χ1) is 8.67. The van der Waals surface area contributed by atoms with Gasteiger partial charge in [0.1, 0.15) is 0 Å². The SMILES string of the molecule is COP(=O)(S)O[C@@H]1C[C@H](O)C[C@H](OP(=O)(S)OC)C1. The molecule has 114 valence electrons. The van der Waals surface area contributed by atoms with Gasteiger partial charge >= 0.3 is 13.6 Å². The van der Waals surface area contributed by atoms with Crippen LogP contribution in [-0.4, -0.2) is 37.6 Å². The van der Waals surface area contributed by atoms with Crippen LogP contribution in [0.2, 0.25) is 0 Å². The topological polar surface area (TPSA) is 91.3 Å². The third-order valence-corrected chi connectivity index (χ3v) is 6.22. The molecule has 0 amide bonds. The Kier molecular flexibility index (Phi) is 6.91. The summed E-state index contributed by atoms with van der Waals surface area (Å²) in [5, 5.41) is 9.72. The average molecular weight is 352 g/mol. The van der Waals surface area contributed by atoms with Crippen LogP contribution in [0.25, 0.3) is 0 Å². The van der Waals surface area contributed by atoms with Crippen LogP contribution in [0.4, 0.5) is 0 Å². The highest BCUT2D eigenvalue weighted by Crippen LogP contribution is 2.57. The zero-order chi connectivity index (χ0) is 14.7. The van der Waals surface area contributed by atoms with E-state index in [1.165, 1.54) is 14.2 Å². The molecule has 1 aliphatic carbocycles. The number of aliphatic hydroxyl groups excluding tert-OH is 1. The highest BCUT2D eigenvalue weighted by Gasteiger charge is 2.36. The quantitative estimate of drug-likeness (QED) is 0.500. The summed E-state index contributed by atoms with van der Waals surface area (Å²) < 4.78 is 42.8. The van der Waals surface area contributed by atoms with E-state index in [1.807, 2.05) is 0 Å². The lowest BCUT2D eigenvalue weighted by Gasteiger charge is -2.33. The Hall–Kier alpha value is 0.960. The summed E-state index contributed by atoms with van der Waals surface area (Å²) in [4.78, 5) is 0. The van der Waals surface area contributed by atoms with E-state index < -0.39 is 31.9 Å². The van der Waals surface area contributed by atoms with Gasteiger partial charge in [-0.3, -0.25) is 9.05 Å². The van der Waals surface area contributed by atoms with Gasteiger partial charge < -0.3 is 14.2 Å². The predicted molar refractivity (Wildman–Crippen MR) is 76.8 cm³/mol. The second kappa shape index (κ2) is 7.29. The molecule has 0 spiro atoms. The lowest BCUT2D eigenvalue weighted by atomic mass is 9.93. The maximum atomic E-state index is 11.6. The molecule has 19 heavy (non-hydrogen) atoms. The van der Waals surface area contributed by atoms with Crippen molar-refractivity contribution in [2.75, 3.05) is 14.2 Å². The lowest BCUT2D eigenvalue weighted by molar-refractivity contribution is -0.00992. The van der Waals surface area contributed by atoms with Crippen molar-refractivity contribution in [3.8, 4) is 0 Å². The van der Waals surface area contributed by atoms with Crippen LogP contribution in [0.5, 0.6) is 0 Å². The standard InChI is InChI=1S/C8H18O7P2S2/c1-12-16(10,18)14-7-3-6(9)4-8(5-7)15-17(11,19)13-2/h6-9H,3-5H2,1-2H3,(H,10,18)(H,11,19)/t6-,7+,8-,16?,17?. The van der Waals surface area contributed by atoms with Gasteiger partial charge in [0.2, 0.25) is 0 Å². The van der Waals surface area contributed by atoms with E-state index in [1.54, 1.807) is 0 Å². The fraction of sp³-hybridized carbons (Fsp3) is 1.00. The van der Waals surface area contributed by atoms with Crippen LogP contribution in [0.1, 0.15) is 19.3 Å². The zero-order valence-corrected chi connectivity index (χ0v) is 14.1. The predicted octanol–water partition coefficient (Wildman–Crippen LogP) is 2.67. The van der Waals surface area contributed by atoms with Crippen molar-refractivity contribution < 1.29 is 32.3 Å². The number of hydrogen-bond donors (Lipinski definition) is 3. The summed E-state index contributed by atoms with van der Waals surface area (Å²) in [5.41, 5.74) is 0. The van der Waals surface area contributed by atoms with Gasteiger partial charge in [-0.05, 0) is 0 Å². The Balaban J connectivity index is 2.63. The molecule has 5 atom stereocenters. The Labute approximate surface area is 122 Å². The van der Waals surface area contributed by atoms with Crippen molar-refractivity contribution in [2.45, 2.75) is 37.6 Å². The molecule has 1 saturated carbocycles. The van der Waals surface area contributed by atoms with Crippen molar-refractivity contribution in [1.82, 2.24) is 0 Å². The molecule has 1 fully saturated rings. The second-order valence-electron chi connectivity index (χ2n) is 4.12. The molecule has 0 bridgehead atoms. The molecule has 0 saturated heterocycles. The summed E-state index contributed by atoms with van der Waals surface area (Å²) in [6.45, 7) is -6.89. The zero-order valence-electron chi connectivity index (χ0n) is 10.5. The summed E-state index contributed by atoms with van der Waals surface area (Å²) >= 11 is 7.51. The number of thiol groups is 2. The fourth-order valence-corrected chi connectivity index (χ4v) is 3.89. The van der Waals surface area contributed by atoms with Gasteiger partial charge in [-0.2, -0.15) is 0 Å². The van der Waals surface area contributed by atoms with Crippen molar-refractivity contribution in [1.29, 1.82) is 0 Å². The van der Waals surface area contributed by atoms with Gasteiger partial charge in [-0.1, -0.05) is 24.5 Å².